The first-order chi connectivity index (χ1) is 16.1. The zero-order valence-corrected chi connectivity index (χ0v) is 18.6. The van der Waals surface area contributed by atoms with Gasteiger partial charge in [-0.3, -0.25) is 4.79 Å². The Morgan fingerprint density at radius 1 is 1.00 bits per heavy atom. The lowest BCUT2D eigenvalue weighted by Gasteiger charge is -2.16. The third-order valence-electron chi connectivity index (χ3n) is 5.67. The highest BCUT2D eigenvalue weighted by molar-refractivity contribution is 5.84. The molecule has 1 aromatic heterocycles. The fraction of sp³-hybridized carbons (Fsp3) is 0.222. The lowest BCUT2D eigenvalue weighted by atomic mass is 10.0. The number of aliphatic carboxylic acids is 1. The van der Waals surface area contributed by atoms with Crippen molar-refractivity contribution < 1.29 is 19.4 Å². The molecular formula is C27H28N2O4. The predicted molar refractivity (Wildman–Crippen MR) is 129 cm³/mol. The Balaban J connectivity index is 1.37. The Kier molecular flexibility index (Phi) is 7.27. The van der Waals surface area contributed by atoms with Gasteiger partial charge in [0.15, 0.2) is 11.5 Å². The van der Waals surface area contributed by atoms with Gasteiger partial charge in [0.1, 0.15) is 6.04 Å². The van der Waals surface area contributed by atoms with Gasteiger partial charge in [-0.25, -0.2) is 0 Å². The van der Waals surface area contributed by atoms with Crippen molar-refractivity contribution in [1.82, 2.24) is 10.3 Å². The quantitative estimate of drug-likeness (QED) is 0.315. The van der Waals surface area contributed by atoms with E-state index in [0.29, 0.717) is 31.1 Å². The number of ether oxygens (including phenoxy) is 2. The average molecular weight is 445 g/mol. The third kappa shape index (κ3) is 5.73. The van der Waals surface area contributed by atoms with Gasteiger partial charge >= 0.3 is 5.97 Å². The summed E-state index contributed by atoms with van der Waals surface area (Å²) in [6.07, 6.45) is 3.07. The molecule has 1 atom stereocenters. The van der Waals surface area contributed by atoms with Gasteiger partial charge in [0, 0.05) is 36.5 Å². The van der Waals surface area contributed by atoms with E-state index in [9.17, 15) is 9.90 Å². The highest BCUT2D eigenvalue weighted by Crippen LogP contribution is 2.28. The van der Waals surface area contributed by atoms with E-state index >= 15 is 0 Å². The summed E-state index contributed by atoms with van der Waals surface area (Å²) in [7, 11) is 1.60. The van der Waals surface area contributed by atoms with Gasteiger partial charge in [0.05, 0.1) is 13.7 Å². The Hall–Kier alpha value is -3.77. The van der Waals surface area contributed by atoms with E-state index in [4.69, 9.17) is 9.47 Å². The van der Waals surface area contributed by atoms with Gasteiger partial charge in [-0.2, -0.15) is 0 Å². The minimum absolute atomic E-state index is 0.386. The molecule has 1 heterocycles. The van der Waals surface area contributed by atoms with Crippen LogP contribution in [0.3, 0.4) is 0 Å². The van der Waals surface area contributed by atoms with Crippen molar-refractivity contribution in [3.05, 3.63) is 95.7 Å². The number of carbonyl (C=O) groups is 1. The number of fused-ring (bicyclic) bond motifs is 1. The van der Waals surface area contributed by atoms with Crippen molar-refractivity contribution in [2.75, 3.05) is 13.7 Å². The number of aromatic amines is 1. The number of methoxy groups -OCH3 is 1. The van der Waals surface area contributed by atoms with Gasteiger partial charge in [0.25, 0.3) is 0 Å². The maximum absolute atomic E-state index is 11.9. The molecule has 3 N–H and O–H groups in total. The lowest BCUT2D eigenvalue weighted by molar-refractivity contribution is -0.139. The summed E-state index contributed by atoms with van der Waals surface area (Å²) in [5.74, 6) is 0.421. The van der Waals surface area contributed by atoms with E-state index in [0.717, 1.165) is 28.5 Å². The molecule has 0 radical (unpaired) electrons. The van der Waals surface area contributed by atoms with Crippen LogP contribution in [-0.4, -0.2) is 35.8 Å². The number of hydrogen-bond acceptors (Lipinski definition) is 4. The van der Waals surface area contributed by atoms with Crippen molar-refractivity contribution in [3.8, 4) is 11.5 Å². The normalized spacial score (nSPS) is 11.9. The molecule has 6 heteroatoms. The summed E-state index contributed by atoms with van der Waals surface area (Å²) in [6, 6.07) is 23.0. The number of aromatic nitrogens is 1. The smallest absolute Gasteiger partial charge is 0.321 e. The van der Waals surface area contributed by atoms with Crippen LogP contribution in [0, 0.1) is 0 Å². The summed E-state index contributed by atoms with van der Waals surface area (Å²) in [5, 5.41) is 14.0. The second-order valence-corrected chi connectivity index (χ2v) is 7.90. The molecule has 0 aliphatic rings. The van der Waals surface area contributed by atoms with Gasteiger partial charge in [-0.1, -0.05) is 54.6 Å². The maximum Gasteiger partial charge on any atom is 0.321 e. The highest BCUT2D eigenvalue weighted by atomic mass is 16.5. The molecule has 3 aromatic carbocycles. The molecule has 0 fully saturated rings. The molecule has 0 amide bonds. The Bertz CT molecular complexity index is 1200. The fourth-order valence-corrected chi connectivity index (χ4v) is 3.87. The third-order valence-corrected chi connectivity index (χ3v) is 5.67. The second kappa shape index (κ2) is 10.7. The number of rotatable bonds is 11. The van der Waals surface area contributed by atoms with E-state index in [1.54, 1.807) is 7.11 Å². The summed E-state index contributed by atoms with van der Waals surface area (Å²) in [4.78, 5) is 15.1. The summed E-state index contributed by atoms with van der Waals surface area (Å²) in [5.41, 5.74) is 4.12. The summed E-state index contributed by atoms with van der Waals surface area (Å²) >= 11 is 0. The summed E-state index contributed by atoms with van der Waals surface area (Å²) < 4.78 is 11.4. The average Bonchev–Trinajstić information content (AvgIpc) is 3.25. The molecule has 0 bridgehead atoms. The molecule has 0 aliphatic heterocycles. The van der Waals surface area contributed by atoms with Crippen LogP contribution in [0.1, 0.15) is 16.7 Å². The molecule has 6 nitrogen and oxygen atoms in total. The van der Waals surface area contributed by atoms with E-state index in [1.165, 1.54) is 5.56 Å². The van der Waals surface area contributed by atoms with Crippen LogP contribution < -0.4 is 14.8 Å². The molecule has 170 valence electrons. The molecule has 0 unspecified atom stereocenters. The second-order valence-electron chi connectivity index (χ2n) is 7.90. The number of carboxylic acid groups (broad SMARTS) is 1. The standard InChI is InChI=1S/C27H28N2O4/c1-32-26-15-20(11-12-25(26)33-14-13-19-7-3-2-4-8-19)17-28-24(27(30)31)16-21-18-29-23-10-6-5-9-22(21)23/h2-12,15,18,24,28-29H,13-14,16-17H2,1H3,(H,30,31)/t24-/m1/s1. The molecular weight excluding hydrogens is 416 g/mol. The fourth-order valence-electron chi connectivity index (χ4n) is 3.87. The number of H-pyrrole nitrogens is 1. The van der Waals surface area contributed by atoms with Gasteiger partial charge < -0.3 is 24.9 Å². The van der Waals surface area contributed by atoms with Crippen LogP contribution in [0.4, 0.5) is 0 Å². The molecule has 0 saturated heterocycles. The lowest BCUT2D eigenvalue weighted by Crippen LogP contribution is -2.38. The topological polar surface area (TPSA) is 83.6 Å². The van der Waals surface area contributed by atoms with Crippen molar-refractivity contribution in [3.63, 3.8) is 0 Å². The first-order valence-corrected chi connectivity index (χ1v) is 11.0. The zero-order chi connectivity index (χ0) is 23.0. The van der Waals surface area contributed by atoms with Crippen molar-refractivity contribution in [1.29, 1.82) is 0 Å². The minimum Gasteiger partial charge on any atom is -0.493 e. The van der Waals surface area contributed by atoms with Crippen LogP contribution in [0.25, 0.3) is 10.9 Å². The van der Waals surface area contributed by atoms with Gasteiger partial charge in [-0.15, -0.1) is 0 Å². The molecule has 0 aliphatic carbocycles. The van der Waals surface area contributed by atoms with Crippen LogP contribution in [0.15, 0.2) is 79.0 Å². The van der Waals surface area contributed by atoms with E-state index in [-0.39, 0.29) is 0 Å². The van der Waals surface area contributed by atoms with Gasteiger partial charge in [-0.05, 0) is 34.9 Å². The van der Waals surface area contributed by atoms with Gasteiger partial charge in [0.2, 0.25) is 0 Å². The SMILES string of the molecule is COc1cc(CN[C@H](Cc2c[nH]c3ccccc23)C(=O)O)ccc1OCCc1ccccc1. The number of carboxylic acids is 1. The predicted octanol–water partition coefficient (Wildman–Crippen LogP) is 4.58. The molecule has 0 spiro atoms. The molecule has 0 saturated carbocycles. The van der Waals surface area contributed by atoms with E-state index in [2.05, 4.69) is 22.4 Å². The molecule has 4 aromatic rings. The number of nitrogens with one attached hydrogen (secondary N) is 2. The first kappa shape index (κ1) is 22.4. The Labute approximate surface area is 193 Å². The Morgan fingerprint density at radius 2 is 1.79 bits per heavy atom. The monoisotopic (exact) mass is 444 g/mol. The molecule has 4 rings (SSSR count). The maximum atomic E-state index is 11.9. The first-order valence-electron chi connectivity index (χ1n) is 11.0. The minimum atomic E-state index is -0.881. The van der Waals surface area contributed by atoms with Crippen LogP contribution in [0.5, 0.6) is 11.5 Å². The van der Waals surface area contributed by atoms with Crippen LogP contribution in [-0.2, 0) is 24.2 Å². The van der Waals surface area contributed by atoms with E-state index < -0.39 is 12.0 Å². The highest BCUT2D eigenvalue weighted by Gasteiger charge is 2.19. The number of hydrogen-bond donors (Lipinski definition) is 3. The van der Waals surface area contributed by atoms with Crippen LogP contribution >= 0.6 is 0 Å². The molecule has 33 heavy (non-hydrogen) atoms. The summed E-state index contributed by atoms with van der Waals surface area (Å²) in [6.45, 7) is 0.948. The zero-order valence-electron chi connectivity index (χ0n) is 18.6. The Morgan fingerprint density at radius 3 is 2.58 bits per heavy atom. The van der Waals surface area contributed by atoms with Crippen molar-refractivity contribution in [2.24, 2.45) is 0 Å². The largest absolute Gasteiger partial charge is 0.493 e. The van der Waals surface area contributed by atoms with E-state index in [1.807, 2.05) is 66.9 Å². The number of para-hydroxylation sites is 1. The van der Waals surface area contributed by atoms with Crippen LogP contribution in [0.2, 0.25) is 0 Å². The van der Waals surface area contributed by atoms with Crippen molar-refractivity contribution in [2.45, 2.75) is 25.4 Å². The van der Waals surface area contributed by atoms with Crippen molar-refractivity contribution >= 4 is 16.9 Å². The number of benzene rings is 3.